The van der Waals surface area contributed by atoms with Crippen molar-refractivity contribution in [2.75, 3.05) is 18.9 Å². The molecule has 0 amide bonds. The second-order valence-electron chi connectivity index (χ2n) is 4.75. The topological polar surface area (TPSA) is 64.1 Å². The summed E-state index contributed by atoms with van der Waals surface area (Å²) in [5.74, 6) is 0.309. The number of hydrogen-bond acceptors (Lipinski definition) is 6. The third-order valence-corrected chi connectivity index (χ3v) is 3.93. The van der Waals surface area contributed by atoms with Crippen LogP contribution >= 0.6 is 11.8 Å². The van der Waals surface area contributed by atoms with Crippen LogP contribution in [0.5, 0.6) is 0 Å². The van der Waals surface area contributed by atoms with Crippen LogP contribution in [0.25, 0.3) is 0 Å². The van der Waals surface area contributed by atoms with Gasteiger partial charge in [0, 0.05) is 17.6 Å². The van der Waals surface area contributed by atoms with Crippen LogP contribution in [-0.4, -0.2) is 40.4 Å². The Morgan fingerprint density at radius 2 is 2.25 bits per heavy atom. The summed E-state index contributed by atoms with van der Waals surface area (Å²) < 4.78 is 5.16. The average molecular weight is 297 g/mol. The molecule has 1 N–H and O–H groups in total. The van der Waals surface area contributed by atoms with Gasteiger partial charge in [0.05, 0.1) is 6.61 Å². The van der Waals surface area contributed by atoms with Crippen LogP contribution in [0.4, 0.5) is 0 Å². The van der Waals surface area contributed by atoms with E-state index in [1.807, 2.05) is 26.8 Å². The minimum atomic E-state index is -0.718. The molecule has 0 aliphatic rings. The van der Waals surface area contributed by atoms with E-state index in [2.05, 4.69) is 22.2 Å². The fourth-order valence-electron chi connectivity index (χ4n) is 1.58. The van der Waals surface area contributed by atoms with Crippen molar-refractivity contribution in [3.63, 3.8) is 0 Å². The lowest BCUT2D eigenvalue weighted by Gasteiger charge is -2.27. The van der Waals surface area contributed by atoms with E-state index in [-0.39, 0.29) is 5.97 Å². The number of ether oxygens (including phenoxy) is 1. The van der Waals surface area contributed by atoms with E-state index in [9.17, 15) is 4.79 Å². The summed E-state index contributed by atoms with van der Waals surface area (Å²) in [4.78, 5) is 20.7. The molecule has 0 aliphatic carbocycles. The van der Waals surface area contributed by atoms with Crippen molar-refractivity contribution in [3.8, 4) is 0 Å². The van der Waals surface area contributed by atoms with E-state index in [0.29, 0.717) is 17.5 Å². The summed E-state index contributed by atoms with van der Waals surface area (Å²) in [5, 5.41) is 3.94. The van der Waals surface area contributed by atoms with Gasteiger partial charge in [-0.2, -0.15) is 0 Å². The number of nitrogens with one attached hydrogen (secondary N) is 1. The number of thioether (sulfide) groups is 1. The third kappa shape index (κ3) is 5.09. The maximum atomic E-state index is 12.1. The Hall–Kier alpha value is -1.14. The molecule has 1 rings (SSSR count). The normalized spacial score (nSPS) is 13.8. The maximum absolute atomic E-state index is 12.1. The molecule has 5 nitrogen and oxygen atoms in total. The van der Waals surface area contributed by atoms with E-state index in [1.165, 1.54) is 11.8 Å². The Morgan fingerprint density at radius 3 is 2.85 bits per heavy atom. The largest absolute Gasteiger partial charge is 0.465 e. The highest BCUT2D eigenvalue weighted by Crippen LogP contribution is 2.20. The Balaban J connectivity index is 2.71. The predicted molar refractivity (Wildman–Crippen MR) is 80.8 cm³/mol. The number of aryl methyl sites for hydroxylation is 1. The molecule has 0 aromatic carbocycles. The van der Waals surface area contributed by atoms with Gasteiger partial charge in [0.25, 0.3) is 0 Å². The van der Waals surface area contributed by atoms with Crippen molar-refractivity contribution in [1.82, 2.24) is 15.3 Å². The summed E-state index contributed by atoms with van der Waals surface area (Å²) in [6.07, 6.45) is 2.69. The smallest absolute Gasteiger partial charge is 0.326 e. The Morgan fingerprint density at radius 1 is 1.50 bits per heavy atom. The zero-order valence-electron chi connectivity index (χ0n) is 12.6. The van der Waals surface area contributed by atoms with Gasteiger partial charge in [-0.05, 0) is 39.8 Å². The van der Waals surface area contributed by atoms with Gasteiger partial charge < -0.3 is 10.1 Å². The molecule has 0 spiro atoms. The SMILES string of the molecule is CCCNC(C)(CSc1nccc(C)n1)C(=O)OCC. The second kappa shape index (κ2) is 8.21. The van der Waals surface area contributed by atoms with Crippen LogP contribution < -0.4 is 5.32 Å². The fourth-order valence-corrected chi connectivity index (χ4v) is 2.56. The van der Waals surface area contributed by atoms with Crippen molar-refractivity contribution in [2.45, 2.75) is 44.8 Å². The minimum Gasteiger partial charge on any atom is -0.465 e. The zero-order valence-corrected chi connectivity index (χ0v) is 13.4. The summed E-state index contributed by atoms with van der Waals surface area (Å²) in [6, 6.07) is 1.85. The van der Waals surface area contributed by atoms with Gasteiger partial charge in [-0.1, -0.05) is 18.7 Å². The van der Waals surface area contributed by atoms with Gasteiger partial charge in [0.2, 0.25) is 0 Å². The number of hydrogen-bond donors (Lipinski definition) is 1. The number of esters is 1. The van der Waals surface area contributed by atoms with Gasteiger partial charge in [-0.3, -0.25) is 4.79 Å². The number of nitrogens with zero attached hydrogens (tertiary/aromatic N) is 2. The Labute approximate surface area is 124 Å². The van der Waals surface area contributed by atoms with E-state index in [4.69, 9.17) is 4.74 Å². The number of carbonyl (C=O) groups excluding carboxylic acids is 1. The van der Waals surface area contributed by atoms with Crippen LogP contribution in [0.15, 0.2) is 17.4 Å². The quantitative estimate of drug-likeness (QED) is 0.451. The standard InChI is InChI=1S/C14H23N3O2S/c1-5-8-16-14(4,12(18)19-6-2)10-20-13-15-9-7-11(3)17-13/h7,9,16H,5-6,8,10H2,1-4H3. The molecular formula is C14H23N3O2S. The fraction of sp³-hybridized carbons (Fsp3) is 0.643. The molecule has 1 heterocycles. The van der Waals surface area contributed by atoms with Gasteiger partial charge >= 0.3 is 5.97 Å². The Kier molecular flexibility index (Phi) is 6.95. The molecule has 1 aromatic rings. The molecule has 112 valence electrons. The van der Waals surface area contributed by atoms with Crippen molar-refractivity contribution in [3.05, 3.63) is 18.0 Å². The van der Waals surface area contributed by atoms with Crippen molar-refractivity contribution >= 4 is 17.7 Å². The Bertz CT molecular complexity index is 442. The number of carbonyl (C=O) groups is 1. The molecule has 6 heteroatoms. The van der Waals surface area contributed by atoms with Crippen LogP contribution in [0.3, 0.4) is 0 Å². The van der Waals surface area contributed by atoms with Crippen LogP contribution in [0.1, 0.15) is 32.9 Å². The van der Waals surface area contributed by atoms with Crippen LogP contribution in [-0.2, 0) is 9.53 Å². The lowest BCUT2D eigenvalue weighted by molar-refractivity contribution is -0.149. The zero-order chi connectivity index (χ0) is 15.0. The highest BCUT2D eigenvalue weighted by atomic mass is 32.2. The molecule has 1 atom stereocenters. The highest BCUT2D eigenvalue weighted by Gasteiger charge is 2.34. The van der Waals surface area contributed by atoms with Gasteiger partial charge in [0.15, 0.2) is 5.16 Å². The minimum absolute atomic E-state index is 0.228. The van der Waals surface area contributed by atoms with E-state index in [1.54, 1.807) is 6.20 Å². The van der Waals surface area contributed by atoms with Gasteiger partial charge in [-0.25, -0.2) is 9.97 Å². The first-order valence-electron chi connectivity index (χ1n) is 6.86. The molecule has 0 saturated heterocycles. The first-order valence-corrected chi connectivity index (χ1v) is 7.85. The number of rotatable bonds is 8. The number of aromatic nitrogens is 2. The summed E-state index contributed by atoms with van der Waals surface area (Å²) >= 11 is 1.46. The van der Waals surface area contributed by atoms with Gasteiger partial charge in [-0.15, -0.1) is 0 Å². The lowest BCUT2D eigenvalue weighted by atomic mass is 10.1. The molecule has 20 heavy (non-hydrogen) atoms. The van der Waals surface area contributed by atoms with E-state index >= 15 is 0 Å². The van der Waals surface area contributed by atoms with Crippen LogP contribution in [0, 0.1) is 6.92 Å². The summed E-state index contributed by atoms with van der Waals surface area (Å²) in [6.45, 7) is 8.82. The second-order valence-corrected chi connectivity index (χ2v) is 5.69. The molecule has 1 aromatic heterocycles. The highest BCUT2D eigenvalue weighted by molar-refractivity contribution is 7.99. The molecule has 0 bridgehead atoms. The summed E-state index contributed by atoms with van der Waals surface area (Å²) in [5.41, 5.74) is 0.200. The molecule has 0 aliphatic heterocycles. The molecular weight excluding hydrogens is 274 g/mol. The molecule has 0 fully saturated rings. The van der Waals surface area contributed by atoms with Gasteiger partial charge in [0.1, 0.15) is 5.54 Å². The summed E-state index contributed by atoms with van der Waals surface area (Å²) in [7, 11) is 0. The molecule has 1 unspecified atom stereocenters. The van der Waals surface area contributed by atoms with Crippen LogP contribution in [0.2, 0.25) is 0 Å². The molecule has 0 saturated carbocycles. The molecule has 0 radical (unpaired) electrons. The lowest BCUT2D eigenvalue weighted by Crippen LogP contribution is -2.52. The van der Waals surface area contributed by atoms with Crippen molar-refractivity contribution in [2.24, 2.45) is 0 Å². The average Bonchev–Trinajstić information content (AvgIpc) is 2.43. The maximum Gasteiger partial charge on any atom is 0.326 e. The first kappa shape index (κ1) is 16.9. The predicted octanol–water partition coefficient (Wildman–Crippen LogP) is 2.20. The van der Waals surface area contributed by atoms with Crippen molar-refractivity contribution < 1.29 is 9.53 Å². The first-order chi connectivity index (χ1) is 9.51. The van der Waals surface area contributed by atoms with E-state index in [0.717, 1.165) is 18.7 Å². The van der Waals surface area contributed by atoms with E-state index < -0.39 is 5.54 Å². The third-order valence-electron chi connectivity index (χ3n) is 2.75. The monoisotopic (exact) mass is 297 g/mol. The van der Waals surface area contributed by atoms with Crippen molar-refractivity contribution in [1.29, 1.82) is 0 Å².